The summed E-state index contributed by atoms with van der Waals surface area (Å²) in [5, 5.41) is 13.8. The van der Waals surface area contributed by atoms with Crippen molar-refractivity contribution in [2.45, 2.75) is 58.7 Å². The largest absolute Gasteiger partial charge is 0.480 e. The summed E-state index contributed by atoms with van der Waals surface area (Å²) in [4.78, 5) is 13.4. The molecule has 1 N–H and O–H groups in total. The van der Waals surface area contributed by atoms with Gasteiger partial charge in [-0.05, 0) is 38.8 Å². The van der Waals surface area contributed by atoms with Gasteiger partial charge in [0.05, 0.1) is 11.4 Å². The van der Waals surface area contributed by atoms with Crippen molar-refractivity contribution < 1.29 is 9.90 Å². The van der Waals surface area contributed by atoms with Crippen molar-refractivity contribution in [3.8, 4) is 0 Å². The summed E-state index contributed by atoms with van der Waals surface area (Å²) >= 11 is 0. The van der Waals surface area contributed by atoms with Gasteiger partial charge in [-0.3, -0.25) is 14.4 Å². The van der Waals surface area contributed by atoms with Crippen LogP contribution in [0.2, 0.25) is 0 Å². The number of aliphatic carboxylic acids is 1. The molecule has 2 rings (SSSR count). The topological polar surface area (TPSA) is 58.4 Å². The first-order chi connectivity index (χ1) is 9.15. The first-order valence-electron chi connectivity index (χ1n) is 7.18. The molecule has 1 aromatic rings. The van der Waals surface area contributed by atoms with E-state index in [0.717, 1.165) is 50.2 Å². The molecule has 1 aliphatic heterocycles. The Hall–Kier alpha value is -1.36. The van der Waals surface area contributed by atoms with Crippen LogP contribution in [0.1, 0.15) is 44.5 Å². The maximum Gasteiger partial charge on any atom is 0.320 e. The van der Waals surface area contributed by atoms with Crippen LogP contribution in [0.15, 0.2) is 6.07 Å². The Morgan fingerprint density at radius 3 is 2.89 bits per heavy atom. The molecule has 1 aliphatic rings. The number of aromatic nitrogens is 2. The van der Waals surface area contributed by atoms with E-state index in [-0.39, 0.29) is 6.04 Å². The van der Waals surface area contributed by atoms with Crippen molar-refractivity contribution in [2.24, 2.45) is 0 Å². The number of likely N-dealkylation sites (tertiary alicyclic amines) is 1. The number of carbonyl (C=O) groups is 1. The first-order valence-corrected chi connectivity index (χ1v) is 7.18. The number of carboxylic acid groups (broad SMARTS) is 1. The van der Waals surface area contributed by atoms with Gasteiger partial charge >= 0.3 is 5.97 Å². The number of aryl methyl sites for hydroxylation is 2. The molecule has 0 aliphatic carbocycles. The number of hydrogen-bond donors (Lipinski definition) is 1. The number of carboxylic acids is 1. The lowest BCUT2D eigenvalue weighted by atomic mass is 10.0. The van der Waals surface area contributed by atoms with Crippen LogP contribution < -0.4 is 0 Å². The van der Waals surface area contributed by atoms with Gasteiger partial charge < -0.3 is 5.11 Å². The fourth-order valence-electron chi connectivity index (χ4n) is 2.76. The third-order valence-corrected chi connectivity index (χ3v) is 3.84. The van der Waals surface area contributed by atoms with Gasteiger partial charge in [-0.15, -0.1) is 0 Å². The highest BCUT2D eigenvalue weighted by atomic mass is 16.4. The van der Waals surface area contributed by atoms with Gasteiger partial charge in [0.25, 0.3) is 0 Å². The molecule has 19 heavy (non-hydrogen) atoms. The molecule has 1 aromatic heterocycles. The maximum absolute atomic E-state index is 11.3. The van der Waals surface area contributed by atoms with E-state index in [9.17, 15) is 9.90 Å². The van der Waals surface area contributed by atoms with E-state index >= 15 is 0 Å². The number of piperidine rings is 1. The molecule has 5 nitrogen and oxygen atoms in total. The quantitative estimate of drug-likeness (QED) is 0.883. The van der Waals surface area contributed by atoms with Gasteiger partial charge in [-0.2, -0.15) is 5.10 Å². The first kappa shape index (κ1) is 14.1. The monoisotopic (exact) mass is 265 g/mol. The zero-order valence-electron chi connectivity index (χ0n) is 11.8. The molecule has 0 spiro atoms. The summed E-state index contributed by atoms with van der Waals surface area (Å²) < 4.78 is 1.99. The van der Waals surface area contributed by atoms with Gasteiger partial charge in [0, 0.05) is 13.1 Å². The Bertz CT molecular complexity index is 442. The van der Waals surface area contributed by atoms with Crippen molar-refractivity contribution in [1.82, 2.24) is 14.7 Å². The molecular weight excluding hydrogens is 242 g/mol. The lowest BCUT2D eigenvalue weighted by molar-refractivity contribution is -0.144. The second-order valence-electron chi connectivity index (χ2n) is 5.12. The SMILES string of the molecule is CCc1cc(CN2CCCCC2C(=O)O)n(CC)n1. The van der Waals surface area contributed by atoms with Crippen LogP contribution in [-0.2, 0) is 24.3 Å². The van der Waals surface area contributed by atoms with Crippen molar-refractivity contribution in [3.63, 3.8) is 0 Å². The van der Waals surface area contributed by atoms with E-state index in [1.54, 1.807) is 0 Å². The molecule has 1 unspecified atom stereocenters. The standard InChI is InChI=1S/C14H23N3O2/c1-3-11-9-12(17(4-2)15-11)10-16-8-6-5-7-13(16)14(18)19/h9,13H,3-8,10H2,1-2H3,(H,18,19). The molecule has 5 heteroatoms. The lowest BCUT2D eigenvalue weighted by Gasteiger charge is -2.32. The zero-order valence-corrected chi connectivity index (χ0v) is 11.8. The summed E-state index contributed by atoms with van der Waals surface area (Å²) in [6, 6.07) is 1.77. The highest BCUT2D eigenvalue weighted by molar-refractivity contribution is 5.73. The van der Waals surface area contributed by atoms with Crippen LogP contribution >= 0.6 is 0 Å². The van der Waals surface area contributed by atoms with E-state index in [1.807, 2.05) is 4.68 Å². The van der Waals surface area contributed by atoms with Crippen LogP contribution in [0.25, 0.3) is 0 Å². The third kappa shape index (κ3) is 3.15. The van der Waals surface area contributed by atoms with Crippen LogP contribution in [0.5, 0.6) is 0 Å². The summed E-state index contributed by atoms with van der Waals surface area (Å²) in [5.41, 5.74) is 2.22. The number of hydrogen-bond acceptors (Lipinski definition) is 3. The Morgan fingerprint density at radius 2 is 2.26 bits per heavy atom. The van der Waals surface area contributed by atoms with Gasteiger partial charge in [0.15, 0.2) is 0 Å². The van der Waals surface area contributed by atoms with Gasteiger partial charge in [-0.1, -0.05) is 13.3 Å². The molecule has 0 amide bonds. The van der Waals surface area contributed by atoms with Crippen LogP contribution in [0, 0.1) is 0 Å². The number of nitrogens with zero attached hydrogens (tertiary/aromatic N) is 3. The minimum absolute atomic E-state index is 0.334. The Morgan fingerprint density at radius 1 is 1.47 bits per heavy atom. The molecule has 106 valence electrons. The van der Waals surface area contributed by atoms with Crippen molar-refractivity contribution in [3.05, 3.63) is 17.5 Å². The molecule has 0 aromatic carbocycles. The fourth-order valence-corrected chi connectivity index (χ4v) is 2.76. The Labute approximate surface area is 114 Å². The van der Waals surface area contributed by atoms with E-state index in [4.69, 9.17) is 0 Å². The van der Waals surface area contributed by atoms with Gasteiger partial charge in [0.1, 0.15) is 6.04 Å². The van der Waals surface area contributed by atoms with Gasteiger partial charge in [0.2, 0.25) is 0 Å². The minimum Gasteiger partial charge on any atom is -0.480 e. The lowest BCUT2D eigenvalue weighted by Crippen LogP contribution is -2.44. The van der Waals surface area contributed by atoms with Crippen molar-refractivity contribution in [2.75, 3.05) is 6.54 Å². The third-order valence-electron chi connectivity index (χ3n) is 3.84. The maximum atomic E-state index is 11.3. The van der Waals surface area contributed by atoms with Crippen molar-refractivity contribution >= 4 is 5.97 Å². The summed E-state index contributed by atoms with van der Waals surface area (Å²) in [7, 11) is 0. The Kier molecular flexibility index (Phi) is 4.58. The second kappa shape index (κ2) is 6.19. The van der Waals surface area contributed by atoms with Crippen LogP contribution in [0.3, 0.4) is 0 Å². The molecule has 2 heterocycles. The molecule has 1 fully saturated rings. The normalized spacial score (nSPS) is 20.6. The Balaban J connectivity index is 2.14. The summed E-state index contributed by atoms with van der Waals surface area (Å²) in [5.74, 6) is -0.696. The molecular formula is C14H23N3O2. The predicted molar refractivity (Wildman–Crippen MR) is 73.0 cm³/mol. The highest BCUT2D eigenvalue weighted by Gasteiger charge is 2.29. The van der Waals surface area contributed by atoms with Gasteiger partial charge in [-0.25, -0.2) is 0 Å². The van der Waals surface area contributed by atoms with E-state index < -0.39 is 5.97 Å². The average Bonchev–Trinajstić information content (AvgIpc) is 2.81. The summed E-state index contributed by atoms with van der Waals surface area (Å²) in [6.07, 6.45) is 3.78. The van der Waals surface area contributed by atoms with Crippen molar-refractivity contribution in [1.29, 1.82) is 0 Å². The minimum atomic E-state index is -0.696. The number of rotatable bonds is 5. The molecule has 0 radical (unpaired) electrons. The van der Waals surface area contributed by atoms with E-state index in [0.29, 0.717) is 6.54 Å². The van der Waals surface area contributed by atoms with E-state index in [2.05, 4.69) is 29.9 Å². The fraction of sp³-hybridized carbons (Fsp3) is 0.714. The summed E-state index contributed by atoms with van der Waals surface area (Å²) in [6.45, 7) is 6.56. The zero-order chi connectivity index (χ0) is 13.8. The van der Waals surface area contributed by atoms with Crippen LogP contribution in [0.4, 0.5) is 0 Å². The smallest absolute Gasteiger partial charge is 0.320 e. The average molecular weight is 265 g/mol. The molecule has 0 saturated carbocycles. The molecule has 0 bridgehead atoms. The highest BCUT2D eigenvalue weighted by Crippen LogP contribution is 2.20. The van der Waals surface area contributed by atoms with Crippen LogP contribution in [-0.4, -0.2) is 38.3 Å². The molecule has 1 saturated heterocycles. The molecule has 1 atom stereocenters. The predicted octanol–water partition coefficient (Wildman–Crippen LogP) is 1.90. The van der Waals surface area contributed by atoms with E-state index in [1.165, 1.54) is 0 Å². The second-order valence-corrected chi connectivity index (χ2v) is 5.12.